The molecule has 1 unspecified atom stereocenters. The van der Waals surface area contributed by atoms with Crippen molar-refractivity contribution in [3.63, 3.8) is 0 Å². The molecule has 0 bridgehead atoms. The molecular formula is C72H74N4O. The summed E-state index contributed by atoms with van der Waals surface area (Å²) in [7, 11) is 0. The second kappa shape index (κ2) is 19.3. The highest BCUT2D eigenvalue weighted by Crippen LogP contribution is 2.69. The molecule has 4 aliphatic carbocycles. The first-order valence-corrected chi connectivity index (χ1v) is 29.6. The van der Waals surface area contributed by atoms with E-state index in [4.69, 9.17) is 19.4 Å². The maximum absolute atomic E-state index is 6.71. The topological polar surface area (TPSA) is 56.7 Å². The summed E-state index contributed by atoms with van der Waals surface area (Å²) in [6.07, 6.45) is 16.9. The van der Waals surface area contributed by atoms with Crippen molar-refractivity contribution in [1.29, 1.82) is 0 Å². The fraction of sp³-hybridized carbons (Fsp3) is 0.375. The molecule has 5 nitrogen and oxygen atoms in total. The van der Waals surface area contributed by atoms with Crippen LogP contribution in [0.1, 0.15) is 123 Å². The second-order valence-corrected chi connectivity index (χ2v) is 25.4. The molecule has 9 atom stereocenters. The molecule has 77 heavy (non-hydrogen) atoms. The Kier molecular flexibility index (Phi) is 12.1. The van der Waals surface area contributed by atoms with Crippen molar-refractivity contribution in [3.05, 3.63) is 169 Å². The largest absolute Gasteiger partial charge is 0.455 e. The number of nitrogens with zero attached hydrogens (tertiary/aromatic N) is 4. The van der Waals surface area contributed by atoms with Crippen LogP contribution in [0.3, 0.4) is 0 Å². The third kappa shape index (κ3) is 8.27. The lowest BCUT2D eigenvalue weighted by Gasteiger charge is -2.61. The van der Waals surface area contributed by atoms with E-state index in [1.807, 2.05) is 6.07 Å². The third-order valence-corrected chi connectivity index (χ3v) is 20.9. The van der Waals surface area contributed by atoms with Crippen molar-refractivity contribution in [2.24, 2.45) is 52.3 Å². The van der Waals surface area contributed by atoms with Gasteiger partial charge >= 0.3 is 0 Å². The predicted molar refractivity (Wildman–Crippen MR) is 319 cm³/mol. The fourth-order valence-corrected chi connectivity index (χ4v) is 17.0. The van der Waals surface area contributed by atoms with Crippen LogP contribution in [0.15, 0.2) is 168 Å². The van der Waals surface area contributed by atoms with Gasteiger partial charge in [-0.2, -0.15) is 0 Å². The van der Waals surface area contributed by atoms with E-state index < -0.39 is 0 Å². The number of aromatic nitrogens is 4. The summed E-state index contributed by atoms with van der Waals surface area (Å²) in [5.41, 5.74) is 12.5. The second-order valence-electron chi connectivity index (χ2n) is 25.4. The van der Waals surface area contributed by atoms with Crippen LogP contribution in [-0.2, 0) is 0 Å². The monoisotopic (exact) mass is 1010 g/mol. The van der Waals surface area contributed by atoms with Gasteiger partial charge in [0.1, 0.15) is 11.2 Å². The molecule has 10 aromatic rings. The van der Waals surface area contributed by atoms with Crippen molar-refractivity contribution in [2.75, 3.05) is 0 Å². The highest BCUT2D eigenvalue weighted by molar-refractivity contribution is 6.11. The van der Waals surface area contributed by atoms with E-state index in [2.05, 4.69) is 197 Å². The minimum atomic E-state index is 0.466. The van der Waals surface area contributed by atoms with Crippen LogP contribution in [-0.4, -0.2) is 19.5 Å². The van der Waals surface area contributed by atoms with Gasteiger partial charge < -0.3 is 8.98 Å². The van der Waals surface area contributed by atoms with Gasteiger partial charge in [-0.25, -0.2) is 15.0 Å². The van der Waals surface area contributed by atoms with E-state index in [1.54, 1.807) is 0 Å². The van der Waals surface area contributed by atoms with Gasteiger partial charge in [-0.3, -0.25) is 0 Å². The molecule has 388 valence electrons. The standard InChI is InChI=1S/C72H74N4O/c1-45(2)17-15-18-46(3)61-35-36-62-60-34-33-53-42-50(37-39-71(53,4)63(60)38-40-72(61,62)5)47-29-31-49(32-30-47)69-73-68(48-19-7-6-8-20-48)74-70(75-69)52-41-51(55-24-16-25-59-58-23-11-14-28-66(58)77-67(55)59)43-54(44-52)76-64-26-12-9-21-56(64)57-22-10-13-27-65(57)76/h6-14,16,19-32,41,43-46,50,53,60-63H,15,17-18,33-40,42H2,1-5H3/t46-,50?,53+,60+,61-,62+,63+,71+,72-/m1/s1. The maximum Gasteiger partial charge on any atom is 0.164 e. The quantitative estimate of drug-likeness (QED) is 0.130. The summed E-state index contributed by atoms with van der Waals surface area (Å²) in [5, 5.41) is 4.64. The Bertz CT molecular complexity index is 3760. The highest BCUT2D eigenvalue weighted by Gasteiger charge is 2.60. The van der Waals surface area contributed by atoms with Crippen molar-refractivity contribution < 1.29 is 4.42 Å². The first kappa shape index (κ1) is 48.5. The van der Waals surface area contributed by atoms with Crippen LogP contribution in [0.4, 0.5) is 0 Å². The zero-order valence-electron chi connectivity index (χ0n) is 45.9. The summed E-state index contributed by atoms with van der Waals surface area (Å²) in [6.45, 7) is 12.9. The van der Waals surface area contributed by atoms with Gasteiger partial charge in [0, 0.05) is 49.5 Å². The Morgan fingerprint density at radius 1 is 0.532 bits per heavy atom. The summed E-state index contributed by atoms with van der Waals surface area (Å²) in [4.78, 5) is 16.0. The Labute approximate surface area is 455 Å². The molecular weight excluding hydrogens is 937 g/mol. The zero-order valence-corrected chi connectivity index (χ0v) is 45.9. The number of hydrogen-bond acceptors (Lipinski definition) is 4. The molecule has 0 spiro atoms. The molecule has 7 aromatic carbocycles. The van der Waals surface area contributed by atoms with E-state index in [-0.39, 0.29) is 0 Å². The molecule has 0 aliphatic heterocycles. The summed E-state index contributed by atoms with van der Waals surface area (Å²) < 4.78 is 9.10. The SMILES string of the molecule is CC(C)CCC[C@@H](C)[C@H]1CC[C@H]2[C@@H]3CC[C@H]4CC(c5ccc(-c6nc(-c7ccccc7)nc(-c7cc(-c8cccc9c8oc8ccccc89)cc(-n8c9ccccc9c9ccccc98)c7)n6)cc5)CC[C@]4(C)[C@H]3CC[C@]12C. The first-order valence-electron chi connectivity index (χ1n) is 29.6. The normalized spacial score (nSPS) is 25.6. The van der Waals surface area contributed by atoms with Crippen LogP contribution < -0.4 is 0 Å². The average molecular weight is 1010 g/mol. The van der Waals surface area contributed by atoms with Crippen molar-refractivity contribution in [1.82, 2.24) is 19.5 Å². The van der Waals surface area contributed by atoms with Crippen LogP contribution >= 0.6 is 0 Å². The van der Waals surface area contributed by atoms with Gasteiger partial charge in [-0.15, -0.1) is 0 Å². The lowest BCUT2D eigenvalue weighted by Crippen LogP contribution is -2.53. The van der Waals surface area contributed by atoms with E-state index in [9.17, 15) is 0 Å². The van der Waals surface area contributed by atoms with Gasteiger partial charge in [0.25, 0.3) is 0 Å². The molecule has 5 heteroatoms. The van der Waals surface area contributed by atoms with Crippen LogP contribution in [0.2, 0.25) is 0 Å². The molecule has 0 amide bonds. The number of furan rings is 1. The van der Waals surface area contributed by atoms with Crippen LogP contribution in [0, 0.1) is 52.3 Å². The molecule has 4 fully saturated rings. The van der Waals surface area contributed by atoms with Crippen LogP contribution in [0.25, 0.3) is 94.7 Å². The fourth-order valence-electron chi connectivity index (χ4n) is 17.0. The molecule has 0 saturated heterocycles. The molecule has 4 saturated carbocycles. The lowest BCUT2D eigenvalue weighted by molar-refractivity contribution is -0.117. The Balaban J connectivity index is 0.796. The number of benzene rings is 7. The van der Waals surface area contributed by atoms with Gasteiger partial charge in [-0.05, 0) is 163 Å². The van der Waals surface area contributed by atoms with E-state index in [0.717, 1.165) is 108 Å². The Hall–Kier alpha value is -6.85. The number of fused-ring (bicyclic) bond motifs is 11. The molecule has 4 aliphatic rings. The summed E-state index contributed by atoms with van der Waals surface area (Å²) >= 11 is 0. The minimum Gasteiger partial charge on any atom is -0.455 e. The Morgan fingerprint density at radius 3 is 1.90 bits per heavy atom. The number of hydrogen-bond donors (Lipinski definition) is 0. The average Bonchev–Trinajstić information content (AvgIpc) is 4.32. The van der Waals surface area contributed by atoms with E-state index in [0.29, 0.717) is 34.2 Å². The number of para-hydroxylation sites is 4. The van der Waals surface area contributed by atoms with E-state index in [1.165, 1.54) is 93.4 Å². The van der Waals surface area contributed by atoms with Gasteiger partial charge in [0.05, 0.1) is 11.0 Å². The van der Waals surface area contributed by atoms with Gasteiger partial charge in [0.2, 0.25) is 0 Å². The molecule has 3 heterocycles. The predicted octanol–water partition coefficient (Wildman–Crippen LogP) is 19.7. The Morgan fingerprint density at radius 2 is 1.16 bits per heavy atom. The summed E-state index contributed by atoms with van der Waals surface area (Å²) in [5.74, 6) is 8.73. The molecule has 3 aromatic heterocycles. The summed E-state index contributed by atoms with van der Waals surface area (Å²) in [6, 6.07) is 58.8. The van der Waals surface area contributed by atoms with Crippen molar-refractivity contribution in [2.45, 2.75) is 118 Å². The van der Waals surface area contributed by atoms with E-state index >= 15 is 0 Å². The maximum atomic E-state index is 6.71. The third-order valence-electron chi connectivity index (χ3n) is 20.9. The molecule has 0 N–H and O–H groups in total. The molecule has 14 rings (SSSR count). The minimum absolute atomic E-state index is 0.466. The van der Waals surface area contributed by atoms with Crippen molar-refractivity contribution in [3.8, 4) is 51.0 Å². The highest BCUT2D eigenvalue weighted by atomic mass is 16.3. The van der Waals surface area contributed by atoms with Gasteiger partial charge in [-0.1, -0.05) is 181 Å². The zero-order chi connectivity index (χ0) is 52.0. The lowest BCUT2D eigenvalue weighted by atomic mass is 9.43. The first-order chi connectivity index (χ1) is 37.6. The number of rotatable bonds is 11. The van der Waals surface area contributed by atoms with Gasteiger partial charge in [0.15, 0.2) is 17.5 Å². The van der Waals surface area contributed by atoms with Crippen LogP contribution in [0.5, 0.6) is 0 Å². The smallest absolute Gasteiger partial charge is 0.164 e. The molecule has 0 radical (unpaired) electrons. The van der Waals surface area contributed by atoms with Crippen molar-refractivity contribution >= 4 is 43.7 Å².